The molecule has 3 aromatic heterocycles. The van der Waals surface area contributed by atoms with Crippen LogP contribution in [0.15, 0.2) is 24.5 Å². The van der Waals surface area contributed by atoms with Crippen molar-refractivity contribution in [1.29, 1.82) is 0 Å². The highest BCUT2D eigenvalue weighted by Crippen LogP contribution is 2.39. The molecular weight excluding hydrogens is 316 g/mol. The molecule has 2 fully saturated rings. The van der Waals surface area contributed by atoms with Crippen LogP contribution in [0.3, 0.4) is 0 Å². The fraction of sp³-hybridized carbons (Fsp3) is 0.471. The lowest BCUT2D eigenvalue weighted by Gasteiger charge is -2.40. The number of nitrogens with zero attached hydrogens (tertiary/aromatic N) is 7. The Balaban J connectivity index is 1.16. The van der Waals surface area contributed by atoms with Gasteiger partial charge in [0.25, 0.3) is 0 Å². The summed E-state index contributed by atoms with van der Waals surface area (Å²) in [5.41, 5.74) is 2.05. The van der Waals surface area contributed by atoms with Crippen molar-refractivity contribution in [3.05, 3.63) is 35.9 Å². The molecule has 2 aliphatic rings. The lowest BCUT2D eigenvalue weighted by atomic mass is 10.0. The summed E-state index contributed by atoms with van der Waals surface area (Å²) in [4.78, 5) is 11.1. The van der Waals surface area contributed by atoms with Crippen LogP contribution in [0.1, 0.15) is 30.1 Å². The smallest absolute Gasteiger partial charge is 0.222 e. The van der Waals surface area contributed by atoms with Gasteiger partial charge in [-0.1, -0.05) is 0 Å². The summed E-state index contributed by atoms with van der Waals surface area (Å²) in [5, 5.41) is 16.1. The third-order valence-corrected chi connectivity index (χ3v) is 4.96. The minimum atomic E-state index is 0.575. The van der Waals surface area contributed by atoms with Gasteiger partial charge in [-0.15, -0.1) is 15.3 Å². The van der Waals surface area contributed by atoms with Gasteiger partial charge in [0.15, 0.2) is 11.5 Å². The van der Waals surface area contributed by atoms with Crippen molar-refractivity contribution < 1.29 is 0 Å². The van der Waals surface area contributed by atoms with Gasteiger partial charge in [-0.2, -0.15) is 4.52 Å². The van der Waals surface area contributed by atoms with Crippen LogP contribution >= 0.6 is 0 Å². The van der Waals surface area contributed by atoms with Gasteiger partial charge < -0.3 is 10.2 Å². The molecule has 8 nitrogen and oxygen atoms in total. The van der Waals surface area contributed by atoms with E-state index < -0.39 is 0 Å². The molecule has 1 saturated carbocycles. The maximum atomic E-state index is 4.61. The third kappa shape index (κ3) is 2.77. The molecule has 5 rings (SSSR count). The second kappa shape index (κ2) is 5.65. The zero-order chi connectivity index (χ0) is 16.8. The van der Waals surface area contributed by atoms with Crippen LogP contribution in [0.2, 0.25) is 0 Å². The Morgan fingerprint density at radius 3 is 2.68 bits per heavy atom. The van der Waals surface area contributed by atoms with Crippen molar-refractivity contribution in [2.24, 2.45) is 5.92 Å². The minimum absolute atomic E-state index is 0.575. The van der Waals surface area contributed by atoms with E-state index in [-0.39, 0.29) is 0 Å². The van der Waals surface area contributed by atoms with Crippen molar-refractivity contribution in [3.8, 4) is 0 Å². The van der Waals surface area contributed by atoms with Crippen LogP contribution in [0.25, 0.3) is 5.65 Å². The molecule has 1 aliphatic heterocycles. The summed E-state index contributed by atoms with van der Waals surface area (Å²) in [6.45, 7) is 4.75. The molecule has 0 spiro atoms. The highest BCUT2D eigenvalue weighted by Gasteiger charge is 2.28. The van der Waals surface area contributed by atoms with Gasteiger partial charge >= 0.3 is 0 Å². The maximum Gasteiger partial charge on any atom is 0.222 e. The summed E-state index contributed by atoms with van der Waals surface area (Å²) in [6, 6.07) is 3.97. The number of aromatic nitrogens is 6. The first-order chi connectivity index (χ1) is 12.3. The van der Waals surface area contributed by atoms with E-state index in [1.807, 2.05) is 31.5 Å². The molecular formula is C17H20N8. The predicted molar refractivity (Wildman–Crippen MR) is 93.7 cm³/mol. The highest BCUT2D eigenvalue weighted by molar-refractivity contribution is 5.47. The Kier molecular flexibility index (Phi) is 3.29. The normalized spacial score (nSPS) is 17.7. The molecule has 0 amide bonds. The van der Waals surface area contributed by atoms with E-state index >= 15 is 0 Å². The van der Waals surface area contributed by atoms with Crippen LogP contribution in [0.4, 0.5) is 11.8 Å². The number of hydrogen-bond acceptors (Lipinski definition) is 7. The second-order valence-electron chi connectivity index (χ2n) is 6.97. The highest BCUT2D eigenvalue weighted by atomic mass is 15.4. The van der Waals surface area contributed by atoms with Gasteiger partial charge in [0.1, 0.15) is 5.82 Å². The molecule has 128 valence electrons. The average molecular weight is 336 g/mol. The lowest BCUT2D eigenvalue weighted by molar-refractivity contribution is 0.424. The molecule has 8 heteroatoms. The Hall–Kier alpha value is -2.77. The summed E-state index contributed by atoms with van der Waals surface area (Å²) in [7, 11) is 0. The van der Waals surface area contributed by atoms with E-state index in [0.717, 1.165) is 42.9 Å². The molecule has 25 heavy (non-hydrogen) atoms. The maximum absolute atomic E-state index is 4.61. The van der Waals surface area contributed by atoms with Crippen LogP contribution in [0.5, 0.6) is 0 Å². The van der Waals surface area contributed by atoms with E-state index in [4.69, 9.17) is 0 Å². The van der Waals surface area contributed by atoms with Crippen LogP contribution in [-0.4, -0.2) is 49.4 Å². The van der Waals surface area contributed by atoms with Crippen LogP contribution < -0.4 is 10.2 Å². The minimum Gasteiger partial charge on any atom is -0.354 e. The van der Waals surface area contributed by atoms with Crippen molar-refractivity contribution in [3.63, 3.8) is 0 Å². The number of hydrogen-bond donors (Lipinski definition) is 1. The largest absolute Gasteiger partial charge is 0.354 e. The Morgan fingerprint density at radius 2 is 1.92 bits per heavy atom. The van der Waals surface area contributed by atoms with E-state index in [1.165, 1.54) is 18.4 Å². The Bertz CT molecular complexity index is 893. The first-order valence-corrected chi connectivity index (χ1v) is 8.76. The molecule has 0 radical (unpaired) electrons. The Morgan fingerprint density at radius 1 is 1.12 bits per heavy atom. The predicted octanol–water partition coefficient (Wildman–Crippen LogP) is 1.65. The van der Waals surface area contributed by atoms with Crippen LogP contribution in [0, 0.1) is 12.8 Å². The molecule has 0 aromatic carbocycles. The van der Waals surface area contributed by atoms with E-state index in [2.05, 4.69) is 35.5 Å². The van der Waals surface area contributed by atoms with E-state index in [0.29, 0.717) is 11.8 Å². The van der Waals surface area contributed by atoms with Crippen molar-refractivity contribution in [2.75, 3.05) is 29.9 Å². The molecule has 0 bridgehead atoms. The first-order valence-electron chi connectivity index (χ1n) is 8.76. The molecule has 3 aromatic rings. The zero-order valence-corrected chi connectivity index (χ0v) is 14.1. The quantitative estimate of drug-likeness (QED) is 0.758. The SMILES string of the molecule is Cc1nnc2ccc(N3CC(CNc4ncc(C5CC5)cn4)C3)nn12. The number of nitrogens with one attached hydrogen (secondary N) is 1. The fourth-order valence-corrected chi connectivity index (χ4v) is 3.23. The number of fused-ring (bicyclic) bond motifs is 1. The van der Waals surface area contributed by atoms with E-state index in [9.17, 15) is 0 Å². The van der Waals surface area contributed by atoms with Crippen molar-refractivity contribution in [2.45, 2.75) is 25.7 Å². The second-order valence-corrected chi connectivity index (χ2v) is 6.97. The molecule has 0 atom stereocenters. The van der Waals surface area contributed by atoms with E-state index in [1.54, 1.807) is 4.52 Å². The lowest BCUT2D eigenvalue weighted by Crippen LogP contribution is -2.50. The summed E-state index contributed by atoms with van der Waals surface area (Å²) in [6.07, 6.45) is 6.48. The molecule has 4 heterocycles. The average Bonchev–Trinajstić information content (AvgIpc) is 3.39. The zero-order valence-electron chi connectivity index (χ0n) is 14.1. The standard InChI is InChI=1S/C17H20N8/c1-11-21-22-15-4-5-16(23-25(11)15)24-9-12(10-24)6-18-17-19-7-14(8-20-17)13-2-3-13/h4-5,7-8,12-13H,2-3,6,9-10H2,1H3,(H,18,19,20). The molecule has 1 aliphatic carbocycles. The topological polar surface area (TPSA) is 84.1 Å². The van der Waals surface area contributed by atoms with Gasteiger partial charge in [-0.3, -0.25) is 0 Å². The van der Waals surface area contributed by atoms with Crippen LogP contribution in [-0.2, 0) is 0 Å². The third-order valence-electron chi connectivity index (χ3n) is 4.96. The van der Waals surface area contributed by atoms with Gasteiger partial charge in [0, 0.05) is 37.9 Å². The molecule has 1 N–H and O–H groups in total. The first kappa shape index (κ1) is 14.6. The van der Waals surface area contributed by atoms with Gasteiger partial charge in [0.05, 0.1) is 0 Å². The van der Waals surface area contributed by atoms with Crippen molar-refractivity contribution in [1.82, 2.24) is 29.8 Å². The van der Waals surface area contributed by atoms with Gasteiger partial charge in [0.2, 0.25) is 5.95 Å². The summed E-state index contributed by atoms with van der Waals surface area (Å²) < 4.78 is 1.79. The summed E-state index contributed by atoms with van der Waals surface area (Å²) >= 11 is 0. The van der Waals surface area contributed by atoms with Gasteiger partial charge in [-0.05, 0) is 43.4 Å². The van der Waals surface area contributed by atoms with Crippen molar-refractivity contribution >= 4 is 17.4 Å². The fourth-order valence-electron chi connectivity index (χ4n) is 3.23. The molecule has 0 unspecified atom stereocenters. The Labute approximate surface area is 145 Å². The molecule has 1 saturated heterocycles. The van der Waals surface area contributed by atoms with Gasteiger partial charge in [-0.25, -0.2) is 9.97 Å². The number of anilines is 2. The number of rotatable bonds is 5. The summed E-state index contributed by atoms with van der Waals surface area (Å²) in [5.74, 6) is 3.78. The number of aryl methyl sites for hydroxylation is 1. The monoisotopic (exact) mass is 336 g/mol.